The van der Waals surface area contributed by atoms with E-state index in [1.54, 1.807) is 6.33 Å². The number of nitrogens with one attached hydrogen (secondary N) is 1. The Morgan fingerprint density at radius 3 is 2.55 bits per heavy atom. The van der Waals surface area contributed by atoms with E-state index in [9.17, 15) is 4.79 Å². The second-order valence-electron chi connectivity index (χ2n) is 7.20. The summed E-state index contributed by atoms with van der Waals surface area (Å²) in [6, 6.07) is 16.3. The molecule has 1 saturated carbocycles. The summed E-state index contributed by atoms with van der Waals surface area (Å²) >= 11 is 3.33. The van der Waals surface area contributed by atoms with Gasteiger partial charge in [0.25, 0.3) is 0 Å². The van der Waals surface area contributed by atoms with Crippen molar-refractivity contribution >= 4 is 35.1 Å². The summed E-state index contributed by atoms with van der Waals surface area (Å²) in [5.41, 5.74) is 3.01. The van der Waals surface area contributed by atoms with Gasteiger partial charge in [0.15, 0.2) is 5.16 Å². The molecule has 1 fully saturated rings. The van der Waals surface area contributed by atoms with Gasteiger partial charge in [-0.05, 0) is 56.2 Å². The van der Waals surface area contributed by atoms with Crippen molar-refractivity contribution in [3.63, 3.8) is 0 Å². The molecule has 0 spiro atoms. The third-order valence-electron chi connectivity index (χ3n) is 4.90. The zero-order valence-electron chi connectivity index (χ0n) is 16.4. The van der Waals surface area contributed by atoms with E-state index in [-0.39, 0.29) is 11.7 Å². The minimum atomic E-state index is -0.0512. The van der Waals surface area contributed by atoms with E-state index in [1.165, 1.54) is 47.9 Å². The number of hydrogen-bond donors (Lipinski definition) is 1. The molecule has 2 aromatic carbocycles. The van der Waals surface area contributed by atoms with E-state index in [4.69, 9.17) is 0 Å². The Morgan fingerprint density at radius 1 is 1.10 bits per heavy atom. The number of rotatable bonds is 7. The van der Waals surface area contributed by atoms with Crippen molar-refractivity contribution in [1.82, 2.24) is 14.8 Å². The van der Waals surface area contributed by atoms with Crippen LogP contribution in [0.4, 0.5) is 5.69 Å². The van der Waals surface area contributed by atoms with Crippen LogP contribution in [0.15, 0.2) is 64.9 Å². The Morgan fingerprint density at radius 2 is 1.83 bits per heavy atom. The van der Waals surface area contributed by atoms with E-state index in [1.807, 2.05) is 52.7 Å². The van der Waals surface area contributed by atoms with Gasteiger partial charge >= 0.3 is 0 Å². The highest BCUT2D eigenvalue weighted by Crippen LogP contribution is 2.35. The average molecular weight is 425 g/mol. The minimum Gasteiger partial charge on any atom is -0.325 e. The van der Waals surface area contributed by atoms with E-state index < -0.39 is 0 Å². The molecule has 1 aliphatic carbocycles. The Bertz CT molecular complexity index is 948. The number of hydrogen-bond acceptors (Lipinski definition) is 5. The maximum absolute atomic E-state index is 12.4. The molecule has 29 heavy (non-hydrogen) atoms. The van der Waals surface area contributed by atoms with Gasteiger partial charge in [0, 0.05) is 21.5 Å². The number of thioether (sulfide) groups is 2. The monoisotopic (exact) mass is 424 g/mol. The lowest BCUT2D eigenvalue weighted by Gasteiger charge is -2.10. The number of nitrogens with zero attached hydrogens (tertiary/aromatic N) is 3. The molecule has 3 aromatic rings. The van der Waals surface area contributed by atoms with Crippen LogP contribution in [0.25, 0.3) is 5.69 Å². The van der Waals surface area contributed by atoms with E-state index in [2.05, 4.69) is 34.6 Å². The molecule has 1 heterocycles. The first kappa shape index (κ1) is 20.0. The maximum Gasteiger partial charge on any atom is 0.234 e. The molecule has 0 bridgehead atoms. The fourth-order valence-electron chi connectivity index (χ4n) is 3.35. The van der Waals surface area contributed by atoms with Crippen LogP contribution in [0, 0.1) is 6.92 Å². The van der Waals surface area contributed by atoms with Gasteiger partial charge in [-0.25, -0.2) is 0 Å². The van der Waals surface area contributed by atoms with Crippen LogP contribution in [0.5, 0.6) is 0 Å². The Balaban J connectivity index is 1.30. The second-order valence-corrected chi connectivity index (χ2v) is 9.52. The van der Waals surface area contributed by atoms with Gasteiger partial charge < -0.3 is 5.32 Å². The minimum absolute atomic E-state index is 0.0512. The molecule has 150 valence electrons. The summed E-state index contributed by atoms with van der Waals surface area (Å²) in [7, 11) is 0. The van der Waals surface area contributed by atoms with Crippen molar-refractivity contribution in [2.45, 2.75) is 47.9 Å². The molecule has 1 aliphatic rings. The number of aromatic nitrogens is 3. The second kappa shape index (κ2) is 9.50. The smallest absolute Gasteiger partial charge is 0.234 e. The van der Waals surface area contributed by atoms with Crippen LogP contribution in [0.3, 0.4) is 0 Å². The molecule has 5 nitrogen and oxygen atoms in total. The molecule has 0 saturated heterocycles. The van der Waals surface area contributed by atoms with Crippen LogP contribution >= 0.6 is 23.5 Å². The van der Waals surface area contributed by atoms with Gasteiger partial charge in [0.05, 0.1) is 5.75 Å². The van der Waals surface area contributed by atoms with Crippen molar-refractivity contribution in [2.24, 2.45) is 0 Å². The lowest BCUT2D eigenvalue weighted by Crippen LogP contribution is -2.14. The molecule has 0 atom stereocenters. The van der Waals surface area contributed by atoms with Gasteiger partial charge in [-0.2, -0.15) is 0 Å². The standard InChI is InChI=1S/C22H24N4OS2/c1-16-6-10-18(11-7-16)26-15-23-25-22(26)28-14-21(27)24-17-8-12-20(13-9-17)29-19-4-2-3-5-19/h6-13,15,19H,2-5,14H2,1H3,(H,24,27). The van der Waals surface area contributed by atoms with E-state index >= 15 is 0 Å². The van der Waals surface area contributed by atoms with Crippen LogP contribution < -0.4 is 5.32 Å². The Kier molecular flexibility index (Phi) is 6.56. The molecule has 7 heteroatoms. The van der Waals surface area contributed by atoms with E-state index in [0.29, 0.717) is 5.16 Å². The Hall–Kier alpha value is -2.25. The highest BCUT2D eigenvalue weighted by Gasteiger charge is 2.16. The zero-order chi connectivity index (χ0) is 20.1. The first-order valence-electron chi connectivity index (χ1n) is 9.84. The van der Waals surface area contributed by atoms with Gasteiger partial charge in [-0.3, -0.25) is 9.36 Å². The van der Waals surface area contributed by atoms with Crippen molar-refractivity contribution in [3.8, 4) is 5.69 Å². The molecule has 1 amide bonds. The fraction of sp³-hybridized carbons (Fsp3) is 0.318. The molecule has 0 unspecified atom stereocenters. The number of amides is 1. The third-order valence-corrected chi connectivity index (χ3v) is 7.20. The van der Waals surface area contributed by atoms with Crippen molar-refractivity contribution in [3.05, 3.63) is 60.4 Å². The highest BCUT2D eigenvalue weighted by atomic mass is 32.2. The van der Waals surface area contributed by atoms with E-state index in [0.717, 1.165) is 16.6 Å². The number of benzene rings is 2. The van der Waals surface area contributed by atoms with Crippen LogP contribution in [-0.2, 0) is 4.79 Å². The maximum atomic E-state index is 12.4. The molecule has 1 N–H and O–H groups in total. The van der Waals surface area contributed by atoms with Gasteiger partial charge in [-0.15, -0.1) is 22.0 Å². The molecule has 1 aromatic heterocycles. The summed E-state index contributed by atoms with van der Waals surface area (Å²) in [6.45, 7) is 2.05. The summed E-state index contributed by atoms with van der Waals surface area (Å²) in [6.07, 6.45) is 7.00. The predicted octanol–water partition coefficient (Wildman–Crippen LogP) is 5.34. The zero-order valence-corrected chi connectivity index (χ0v) is 18.0. The largest absolute Gasteiger partial charge is 0.325 e. The van der Waals surface area contributed by atoms with Crippen molar-refractivity contribution < 1.29 is 4.79 Å². The third kappa shape index (κ3) is 5.42. The van der Waals surface area contributed by atoms with Crippen LogP contribution in [0.1, 0.15) is 31.2 Å². The van der Waals surface area contributed by atoms with Gasteiger partial charge in [0.2, 0.25) is 5.91 Å². The summed E-state index contributed by atoms with van der Waals surface area (Å²) < 4.78 is 1.90. The topological polar surface area (TPSA) is 59.8 Å². The number of anilines is 1. The van der Waals surface area contributed by atoms with Crippen LogP contribution in [-0.4, -0.2) is 31.7 Å². The number of aryl methyl sites for hydroxylation is 1. The Labute approximate surface area is 179 Å². The van der Waals surface area contributed by atoms with Gasteiger partial charge in [0.1, 0.15) is 6.33 Å². The van der Waals surface area contributed by atoms with Crippen LogP contribution in [0.2, 0.25) is 0 Å². The number of carbonyl (C=O) groups is 1. The molecular formula is C22H24N4OS2. The summed E-state index contributed by atoms with van der Waals surface area (Å²) in [5.74, 6) is 0.230. The lowest BCUT2D eigenvalue weighted by atomic mass is 10.2. The highest BCUT2D eigenvalue weighted by molar-refractivity contribution is 8.00. The lowest BCUT2D eigenvalue weighted by molar-refractivity contribution is -0.113. The predicted molar refractivity (Wildman–Crippen MR) is 120 cm³/mol. The molecule has 0 radical (unpaired) electrons. The normalized spacial score (nSPS) is 14.2. The summed E-state index contributed by atoms with van der Waals surface area (Å²) in [4.78, 5) is 13.6. The van der Waals surface area contributed by atoms with Crippen molar-refractivity contribution in [2.75, 3.05) is 11.1 Å². The first-order chi connectivity index (χ1) is 14.2. The SMILES string of the molecule is Cc1ccc(-n2cnnc2SCC(=O)Nc2ccc(SC3CCCC3)cc2)cc1. The van der Waals surface area contributed by atoms with Gasteiger partial charge in [-0.1, -0.05) is 42.3 Å². The van der Waals surface area contributed by atoms with Crippen molar-refractivity contribution in [1.29, 1.82) is 0 Å². The summed E-state index contributed by atoms with van der Waals surface area (Å²) in [5, 5.41) is 12.6. The molecular weight excluding hydrogens is 400 g/mol. The molecule has 4 rings (SSSR count). The average Bonchev–Trinajstić information content (AvgIpc) is 3.40. The quantitative estimate of drug-likeness (QED) is 0.519. The molecule has 0 aliphatic heterocycles. The fourth-order valence-corrected chi connectivity index (χ4v) is 5.32. The first-order valence-corrected chi connectivity index (χ1v) is 11.7. The number of carbonyl (C=O) groups excluding carboxylic acids is 1.